The lowest BCUT2D eigenvalue weighted by Crippen LogP contribution is -2.25. The molecule has 0 aromatic heterocycles. The molecular weight excluding hydrogens is 202 g/mol. The van der Waals surface area contributed by atoms with Crippen molar-refractivity contribution in [2.24, 2.45) is 0 Å². The Kier molecular flexibility index (Phi) is 6.19. The number of sulfone groups is 1. The summed E-state index contributed by atoms with van der Waals surface area (Å²) in [4.78, 5) is 11.0. The SMILES string of the molecule is CC=CCS(=O)(=O)CCC(=O)NCC. The number of carbonyl (C=O) groups excluding carboxylic acids is 1. The van der Waals surface area contributed by atoms with Gasteiger partial charge in [-0.2, -0.15) is 0 Å². The van der Waals surface area contributed by atoms with Gasteiger partial charge in [0, 0.05) is 13.0 Å². The van der Waals surface area contributed by atoms with Crippen molar-refractivity contribution < 1.29 is 13.2 Å². The molecule has 0 bridgehead atoms. The second-order valence-corrected chi connectivity index (χ2v) is 5.12. The van der Waals surface area contributed by atoms with Crippen molar-refractivity contribution in [1.82, 2.24) is 5.32 Å². The highest BCUT2D eigenvalue weighted by molar-refractivity contribution is 7.91. The van der Waals surface area contributed by atoms with Gasteiger partial charge in [-0.1, -0.05) is 12.2 Å². The second-order valence-electron chi connectivity index (χ2n) is 2.89. The number of hydrogen-bond donors (Lipinski definition) is 1. The van der Waals surface area contributed by atoms with Crippen LogP contribution in [0, 0.1) is 0 Å². The molecule has 0 atom stereocenters. The van der Waals surface area contributed by atoms with Gasteiger partial charge in [-0.25, -0.2) is 8.42 Å². The normalized spacial score (nSPS) is 11.9. The molecule has 1 N–H and O–H groups in total. The number of nitrogens with one attached hydrogen (secondary N) is 1. The molecule has 0 rings (SSSR count). The van der Waals surface area contributed by atoms with Crippen LogP contribution in [0.1, 0.15) is 20.3 Å². The van der Waals surface area contributed by atoms with Crippen molar-refractivity contribution in [3.63, 3.8) is 0 Å². The molecule has 0 fully saturated rings. The lowest BCUT2D eigenvalue weighted by atomic mass is 10.4. The topological polar surface area (TPSA) is 63.2 Å². The number of carbonyl (C=O) groups is 1. The van der Waals surface area contributed by atoms with E-state index in [2.05, 4.69) is 5.32 Å². The molecule has 1 amide bonds. The molecule has 0 aromatic carbocycles. The van der Waals surface area contributed by atoms with Crippen molar-refractivity contribution in [3.8, 4) is 0 Å². The van der Waals surface area contributed by atoms with E-state index in [1.54, 1.807) is 26.0 Å². The number of amides is 1. The summed E-state index contributed by atoms with van der Waals surface area (Å²) < 4.78 is 22.5. The third-order valence-electron chi connectivity index (χ3n) is 1.60. The summed E-state index contributed by atoms with van der Waals surface area (Å²) in [5, 5.41) is 2.55. The van der Waals surface area contributed by atoms with Gasteiger partial charge in [0.05, 0.1) is 11.5 Å². The van der Waals surface area contributed by atoms with Crippen LogP contribution in [-0.4, -0.2) is 32.4 Å². The Labute approximate surface area is 85.3 Å². The van der Waals surface area contributed by atoms with Crippen LogP contribution >= 0.6 is 0 Å². The maximum absolute atomic E-state index is 11.3. The van der Waals surface area contributed by atoms with Crippen LogP contribution in [0.5, 0.6) is 0 Å². The summed E-state index contributed by atoms with van der Waals surface area (Å²) in [5.74, 6) is -0.275. The first-order valence-electron chi connectivity index (χ1n) is 4.60. The van der Waals surface area contributed by atoms with Gasteiger partial charge in [0.25, 0.3) is 0 Å². The van der Waals surface area contributed by atoms with E-state index in [0.29, 0.717) is 6.54 Å². The fraction of sp³-hybridized carbons (Fsp3) is 0.667. The summed E-state index contributed by atoms with van der Waals surface area (Å²) in [6, 6.07) is 0. The smallest absolute Gasteiger partial charge is 0.221 e. The molecule has 0 aliphatic carbocycles. The third-order valence-corrected chi connectivity index (χ3v) is 3.13. The van der Waals surface area contributed by atoms with E-state index in [1.807, 2.05) is 0 Å². The summed E-state index contributed by atoms with van der Waals surface area (Å²) in [6.07, 6.45) is 3.31. The fourth-order valence-electron chi connectivity index (χ4n) is 0.860. The van der Waals surface area contributed by atoms with Crippen molar-refractivity contribution in [1.29, 1.82) is 0 Å². The Morgan fingerprint density at radius 2 is 2.07 bits per heavy atom. The molecule has 4 nitrogen and oxygen atoms in total. The lowest BCUT2D eigenvalue weighted by Gasteiger charge is -2.02. The highest BCUT2D eigenvalue weighted by Crippen LogP contribution is 1.95. The average molecular weight is 219 g/mol. The first kappa shape index (κ1) is 13.2. The fourth-order valence-corrected chi connectivity index (χ4v) is 2.01. The van der Waals surface area contributed by atoms with Crippen LogP contribution in [0.2, 0.25) is 0 Å². The van der Waals surface area contributed by atoms with E-state index in [-0.39, 0.29) is 23.8 Å². The molecule has 0 aliphatic rings. The van der Waals surface area contributed by atoms with Crippen LogP contribution < -0.4 is 5.32 Å². The van der Waals surface area contributed by atoms with E-state index in [1.165, 1.54) is 0 Å². The Balaban J connectivity index is 3.93. The maximum Gasteiger partial charge on any atom is 0.221 e. The molecule has 0 heterocycles. The zero-order chi connectivity index (χ0) is 11.0. The monoisotopic (exact) mass is 219 g/mol. The lowest BCUT2D eigenvalue weighted by molar-refractivity contribution is -0.120. The summed E-state index contributed by atoms with van der Waals surface area (Å²) in [6.45, 7) is 4.10. The Bertz CT molecular complexity index is 293. The first-order chi connectivity index (χ1) is 6.52. The molecular formula is C9H17NO3S. The van der Waals surface area contributed by atoms with Crippen LogP contribution in [-0.2, 0) is 14.6 Å². The highest BCUT2D eigenvalue weighted by atomic mass is 32.2. The molecule has 0 saturated carbocycles. The molecule has 5 heteroatoms. The van der Waals surface area contributed by atoms with E-state index in [9.17, 15) is 13.2 Å². The third kappa shape index (κ3) is 6.65. The van der Waals surface area contributed by atoms with E-state index in [0.717, 1.165) is 0 Å². The van der Waals surface area contributed by atoms with Gasteiger partial charge in [-0.3, -0.25) is 4.79 Å². The van der Waals surface area contributed by atoms with Gasteiger partial charge in [-0.15, -0.1) is 0 Å². The maximum atomic E-state index is 11.3. The Hall–Kier alpha value is -0.840. The van der Waals surface area contributed by atoms with Crippen molar-refractivity contribution >= 4 is 15.7 Å². The van der Waals surface area contributed by atoms with Crippen LogP contribution in [0.15, 0.2) is 12.2 Å². The minimum absolute atomic E-state index is 0.0168. The van der Waals surface area contributed by atoms with Crippen LogP contribution in [0.4, 0.5) is 0 Å². The minimum Gasteiger partial charge on any atom is -0.356 e. The van der Waals surface area contributed by atoms with Gasteiger partial charge >= 0.3 is 0 Å². The predicted octanol–water partition coefficient (Wildman–Crippen LogP) is 0.503. The van der Waals surface area contributed by atoms with Crippen LogP contribution in [0.25, 0.3) is 0 Å². The molecule has 0 saturated heterocycles. The first-order valence-corrected chi connectivity index (χ1v) is 6.42. The quantitative estimate of drug-likeness (QED) is 0.662. The van der Waals surface area contributed by atoms with Crippen LogP contribution in [0.3, 0.4) is 0 Å². The second kappa shape index (κ2) is 6.59. The summed E-state index contributed by atoms with van der Waals surface area (Å²) in [7, 11) is -3.10. The molecule has 0 radical (unpaired) electrons. The number of rotatable bonds is 6. The minimum atomic E-state index is -3.10. The Morgan fingerprint density at radius 1 is 1.43 bits per heavy atom. The number of allylic oxidation sites excluding steroid dienone is 1. The molecule has 0 spiro atoms. The average Bonchev–Trinajstić information content (AvgIpc) is 2.13. The van der Waals surface area contributed by atoms with E-state index >= 15 is 0 Å². The van der Waals surface area contributed by atoms with Crippen molar-refractivity contribution in [2.45, 2.75) is 20.3 Å². The van der Waals surface area contributed by atoms with Gasteiger partial charge in [0.2, 0.25) is 5.91 Å². The molecule has 0 aliphatic heterocycles. The van der Waals surface area contributed by atoms with E-state index < -0.39 is 9.84 Å². The molecule has 14 heavy (non-hydrogen) atoms. The van der Waals surface area contributed by atoms with Gasteiger partial charge < -0.3 is 5.32 Å². The van der Waals surface area contributed by atoms with E-state index in [4.69, 9.17) is 0 Å². The Morgan fingerprint density at radius 3 is 2.57 bits per heavy atom. The zero-order valence-corrected chi connectivity index (χ0v) is 9.43. The molecule has 0 unspecified atom stereocenters. The summed E-state index contributed by atoms with van der Waals surface area (Å²) in [5.41, 5.74) is 0. The largest absolute Gasteiger partial charge is 0.356 e. The standard InChI is InChI=1S/C9H17NO3S/c1-3-5-7-14(12,13)8-6-9(11)10-4-2/h3,5H,4,6-8H2,1-2H3,(H,10,11). The van der Waals surface area contributed by atoms with Crippen molar-refractivity contribution in [2.75, 3.05) is 18.1 Å². The molecule has 0 aromatic rings. The van der Waals surface area contributed by atoms with Gasteiger partial charge in [0.15, 0.2) is 9.84 Å². The van der Waals surface area contributed by atoms with Gasteiger partial charge in [0.1, 0.15) is 0 Å². The van der Waals surface area contributed by atoms with Gasteiger partial charge in [-0.05, 0) is 13.8 Å². The van der Waals surface area contributed by atoms with Crippen molar-refractivity contribution in [3.05, 3.63) is 12.2 Å². The highest BCUT2D eigenvalue weighted by Gasteiger charge is 2.10. The molecule has 82 valence electrons. The zero-order valence-electron chi connectivity index (χ0n) is 8.62. The predicted molar refractivity (Wildman–Crippen MR) is 56.8 cm³/mol. The number of hydrogen-bond acceptors (Lipinski definition) is 3. The summed E-state index contributed by atoms with van der Waals surface area (Å²) >= 11 is 0.